The summed E-state index contributed by atoms with van der Waals surface area (Å²) in [5.41, 5.74) is 2.67. The third-order valence-corrected chi connectivity index (χ3v) is 4.30. The molecule has 0 saturated carbocycles. The molecule has 0 radical (unpaired) electrons. The van der Waals surface area contributed by atoms with Crippen molar-refractivity contribution < 1.29 is 4.57 Å². The summed E-state index contributed by atoms with van der Waals surface area (Å²) in [6.45, 7) is 3.27. The number of hydrogen-bond acceptors (Lipinski definition) is 1. The zero-order valence-electron chi connectivity index (χ0n) is 13.5. The maximum absolute atomic E-state index is 9.43. The van der Waals surface area contributed by atoms with Crippen LogP contribution in [0.2, 0.25) is 0 Å². The van der Waals surface area contributed by atoms with E-state index in [2.05, 4.69) is 45.9 Å². The summed E-state index contributed by atoms with van der Waals surface area (Å²) < 4.78 is 3.23. The highest BCUT2D eigenvalue weighted by molar-refractivity contribution is 9.10. The van der Waals surface area contributed by atoms with Crippen LogP contribution in [0.5, 0.6) is 0 Å². The lowest BCUT2D eigenvalue weighted by Crippen LogP contribution is -2.32. The molecule has 0 amide bonds. The molecule has 0 unspecified atom stereocenters. The fourth-order valence-corrected chi connectivity index (χ4v) is 2.68. The first-order valence-electron chi connectivity index (χ1n) is 8.10. The zero-order chi connectivity index (χ0) is 16.5. The number of unbranched alkanes of at least 4 members (excludes halogenated alkanes) is 3. The molecule has 1 aromatic heterocycles. The monoisotopic (exact) mass is 369 g/mol. The zero-order valence-corrected chi connectivity index (χ0v) is 15.1. The number of allylic oxidation sites excluding steroid dienone is 1. The molecule has 0 spiro atoms. The summed E-state index contributed by atoms with van der Waals surface area (Å²) in [5, 5.41) is 9.43. The molecule has 2 aromatic rings. The van der Waals surface area contributed by atoms with E-state index in [1.807, 2.05) is 42.5 Å². The summed E-state index contributed by atoms with van der Waals surface area (Å²) in [5.74, 6) is 0. The molecule has 2 rings (SSSR count). The number of hydrogen-bond donors (Lipinski definition) is 0. The van der Waals surface area contributed by atoms with Gasteiger partial charge in [-0.1, -0.05) is 47.8 Å². The maximum Gasteiger partial charge on any atom is 0.169 e. The molecule has 0 N–H and O–H groups in total. The second kappa shape index (κ2) is 9.27. The minimum atomic E-state index is 0.686. The highest BCUT2D eigenvalue weighted by Crippen LogP contribution is 2.18. The minimum Gasteiger partial charge on any atom is -0.205 e. The predicted molar refractivity (Wildman–Crippen MR) is 98.4 cm³/mol. The van der Waals surface area contributed by atoms with Gasteiger partial charge < -0.3 is 0 Å². The van der Waals surface area contributed by atoms with Crippen LogP contribution in [0.15, 0.2) is 53.3 Å². The van der Waals surface area contributed by atoms with Crippen molar-refractivity contribution in [2.24, 2.45) is 0 Å². The molecule has 0 aliphatic heterocycles. The van der Waals surface area contributed by atoms with Crippen molar-refractivity contribution in [3.63, 3.8) is 0 Å². The summed E-state index contributed by atoms with van der Waals surface area (Å²) in [6.07, 6.45) is 11.1. The van der Waals surface area contributed by atoms with Gasteiger partial charge in [0, 0.05) is 28.6 Å². The average molecular weight is 370 g/mol. The summed E-state index contributed by atoms with van der Waals surface area (Å²) >= 11 is 3.42. The van der Waals surface area contributed by atoms with E-state index in [0.29, 0.717) is 5.57 Å². The highest BCUT2D eigenvalue weighted by Gasteiger charge is 2.05. The highest BCUT2D eigenvalue weighted by atomic mass is 79.9. The molecule has 1 aromatic carbocycles. The quantitative estimate of drug-likeness (QED) is 0.365. The number of aromatic nitrogens is 1. The molecule has 2 nitrogen and oxygen atoms in total. The molecular weight excluding hydrogens is 348 g/mol. The van der Waals surface area contributed by atoms with Crippen molar-refractivity contribution in [3.05, 3.63) is 64.4 Å². The second-order valence-corrected chi connectivity index (χ2v) is 6.52. The van der Waals surface area contributed by atoms with Crippen LogP contribution in [0, 0.1) is 11.3 Å². The van der Waals surface area contributed by atoms with E-state index in [1.165, 1.54) is 25.7 Å². The first kappa shape index (κ1) is 17.4. The first-order valence-corrected chi connectivity index (χ1v) is 8.89. The van der Waals surface area contributed by atoms with Crippen LogP contribution >= 0.6 is 15.9 Å². The topological polar surface area (TPSA) is 27.7 Å². The summed E-state index contributed by atoms with van der Waals surface area (Å²) in [7, 11) is 0. The van der Waals surface area contributed by atoms with Crippen molar-refractivity contribution >= 4 is 27.6 Å². The van der Waals surface area contributed by atoms with E-state index < -0.39 is 0 Å². The van der Waals surface area contributed by atoms with Gasteiger partial charge >= 0.3 is 0 Å². The number of nitriles is 1. The molecule has 0 aliphatic rings. The van der Waals surface area contributed by atoms with Gasteiger partial charge in [0.2, 0.25) is 0 Å². The lowest BCUT2D eigenvalue weighted by atomic mass is 10.1. The summed E-state index contributed by atoms with van der Waals surface area (Å²) in [6, 6.07) is 14.3. The average Bonchev–Trinajstić information content (AvgIpc) is 2.59. The molecule has 118 valence electrons. The predicted octanol–water partition coefficient (Wildman–Crippen LogP) is 5.38. The van der Waals surface area contributed by atoms with E-state index in [9.17, 15) is 5.26 Å². The number of pyridine rings is 1. The van der Waals surface area contributed by atoms with Gasteiger partial charge in [-0.25, -0.2) is 4.57 Å². The molecule has 0 atom stereocenters. The lowest BCUT2D eigenvalue weighted by Gasteiger charge is -2.01. The largest absolute Gasteiger partial charge is 0.205 e. The van der Waals surface area contributed by atoms with Crippen LogP contribution in [0.3, 0.4) is 0 Å². The van der Waals surface area contributed by atoms with Crippen LogP contribution in [0.25, 0.3) is 11.6 Å². The number of halogens is 1. The molecule has 1 heterocycles. The standard InChI is InChI=1S/C20H22BrN2/c1-2-3-4-5-12-23-13-10-18(11-14-23)19(16-22)15-17-6-8-20(21)9-7-17/h6-11,13-15H,2-5,12H2,1H3/q+1/b19-15-. The van der Waals surface area contributed by atoms with Crippen molar-refractivity contribution in [3.8, 4) is 6.07 Å². The minimum absolute atomic E-state index is 0.686. The Morgan fingerprint density at radius 1 is 1.09 bits per heavy atom. The fourth-order valence-electron chi connectivity index (χ4n) is 2.41. The van der Waals surface area contributed by atoms with E-state index in [4.69, 9.17) is 0 Å². The maximum atomic E-state index is 9.43. The third-order valence-electron chi connectivity index (χ3n) is 3.77. The Kier molecular flexibility index (Phi) is 7.03. The molecule has 23 heavy (non-hydrogen) atoms. The molecule has 3 heteroatoms. The van der Waals surface area contributed by atoms with Crippen LogP contribution in [0.1, 0.15) is 43.7 Å². The fraction of sp³-hybridized carbons (Fsp3) is 0.300. The van der Waals surface area contributed by atoms with Gasteiger partial charge in [-0.05, 0) is 30.2 Å². The Morgan fingerprint density at radius 3 is 2.39 bits per heavy atom. The van der Waals surface area contributed by atoms with Crippen LogP contribution in [-0.4, -0.2) is 0 Å². The Hall–Kier alpha value is -1.92. The second-order valence-electron chi connectivity index (χ2n) is 5.61. The van der Waals surface area contributed by atoms with E-state index in [-0.39, 0.29) is 0 Å². The third kappa shape index (κ3) is 5.65. The normalized spacial score (nSPS) is 11.3. The van der Waals surface area contributed by atoms with Crippen LogP contribution in [-0.2, 0) is 6.54 Å². The van der Waals surface area contributed by atoms with Gasteiger partial charge in [0.05, 0.1) is 11.6 Å². The molecule has 0 bridgehead atoms. The van der Waals surface area contributed by atoms with Gasteiger partial charge in [0.25, 0.3) is 0 Å². The van der Waals surface area contributed by atoms with Gasteiger partial charge in [-0.2, -0.15) is 5.26 Å². The van der Waals surface area contributed by atoms with Crippen molar-refractivity contribution in [2.75, 3.05) is 0 Å². The van der Waals surface area contributed by atoms with E-state index in [0.717, 1.165) is 22.1 Å². The molecular formula is C20H22BrN2+. The van der Waals surface area contributed by atoms with Crippen LogP contribution < -0.4 is 4.57 Å². The molecule has 0 aliphatic carbocycles. The summed E-state index contributed by atoms with van der Waals surface area (Å²) in [4.78, 5) is 0. The Labute approximate surface area is 147 Å². The van der Waals surface area contributed by atoms with Crippen molar-refractivity contribution in [2.45, 2.75) is 39.2 Å². The number of rotatable bonds is 7. The van der Waals surface area contributed by atoms with Crippen LogP contribution in [0.4, 0.5) is 0 Å². The Morgan fingerprint density at radius 2 is 1.78 bits per heavy atom. The van der Waals surface area contributed by atoms with Gasteiger partial charge in [0.15, 0.2) is 12.4 Å². The molecule has 0 fully saturated rings. The van der Waals surface area contributed by atoms with E-state index in [1.54, 1.807) is 0 Å². The van der Waals surface area contributed by atoms with Gasteiger partial charge in [-0.15, -0.1) is 0 Å². The first-order chi connectivity index (χ1) is 11.2. The SMILES string of the molecule is CCCCCC[n+]1ccc(/C(C#N)=C\c2ccc(Br)cc2)cc1. The number of nitrogens with zero attached hydrogens (tertiary/aromatic N) is 2. The number of aryl methyl sites for hydroxylation is 1. The van der Waals surface area contributed by atoms with E-state index >= 15 is 0 Å². The van der Waals surface area contributed by atoms with Crippen molar-refractivity contribution in [1.82, 2.24) is 0 Å². The van der Waals surface area contributed by atoms with Crippen molar-refractivity contribution in [1.29, 1.82) is 5.26 Å². The molecule has 0 saturated heterocycles. The number of benzene rings is 1. The Balaban J connectivity index is 2.07. The lowest BCUT2D eigenvalue weighted by molar-refractivity contribution is -0.697. The Bertz CT molecular complexity index is 679. The van der Waals surface area contributed by atoms with Gasteiger partial charge in [0.1, 0.15) is 6.54 Å². The smallest absolute Gasteiger partial charge is 0.169 e. The van der Waals surface area contributed by atoms with Gasteiger partial charge in [-0.3, -0.25) is 0 Å².